The first-order valence-electron chi connectivity index (χ1n) is 9.18. The highest BCUT2D eigenvalue weighted by Gasteiger charge is 2.47. The lowest BCUT2D eigenvalue weighted by Crippen LogP contribution is -2.44. The summed E-state index contributed by atoms with van der Waals surface area (Å²) in [5.41, 5.74) is 1.62. The molecular formula is C21H22N4O3. The second-order valence-corrected chi connectivity index (χ2v) is 7.20. The molecule has 0 bridgehead atoms. The van der Waals surface area contributed by atoms with Crippen LogP contribution in [-0.4, -0.2) is 38.9 Å². The smallest absolute Gasteiger partial charge is 0.325 e. The predicted octanol–water partition coefficient (Wildman–Crippen LogP) is 2.79. The number of methoxy groups -OCH3 is 1. The molecule has 0 aliphatic carbocycles. The van der Waals surface area contributed by atoms with Crippen LogP contribution in [0, 0.1) is 0 Å². The standard InChI is InChI=1S/C21H22N4O3/c1-21(11-10-15-6-8-17(28-2)9-7-15)19(26)25(20(27)23-21)14-16-13-24-12-4-3-5-18(24)22-16/h3-9,12-13H,10-11,14H2,1-2H3,(H,23,27)/t21-/m0/s1. The van der Waals surface area contributed by atoms with Gasteiger partial charge in [-0.1, -0.05) is 18.2 Å². The van der Waals surface area contributed by atoms with Crippen LogP contribution in [0.3, 0.4) is 0 Å². The maximum atomic E-state index is 13.0. The number of urea groups is 1. The van der Waals surface area contributed by atoms with Gasteiger partial charge in [-0.15, -0.1) is 0 Å². The first-order chi connectivity index (χ1) is 13.5. The van der Waals surface area contributed by atoms with E-state index in [1.54, 1.807) is 14.0 Å². The average Bonchev–Trinajstić information content (AvgIpc) is 3.21. The topological polar surface area (TPSA) is 75.9 Å². The van der Waals surface area contributed by atoms with Crippen molar-refractivity contribution in [2.24, 2.45) is 0 Å². The Labute approximate surface area is 162 Å². The monoisotopic (exact) mass is 378 g/mol. The van der Waals surface area contributed by atoms with Gasteiger partial charge in [0.05, 0.1) is 19.3 Å². The summed E-state index contributed by atoms with van der Waals surface area (Å²) in [5, 5.41) is 2.86. The van der Waals surface area contributed by atoms with Crippen molar-refractivity contribution in [2.75, 3.05) is 7.11 Å². The zero-order valence-electron chi connectivity index (χ0n) is 15.9. The van der Waals surface area contributed by atoms with Gasteiger partial charge in [0, 0.05) is 12.4 Å². The Bertz CT molecular complexity index is 995. The van der Waals surface area contributed by atoms with Crippen molar-refractivity contribution in [1.82, 2.24) is 19.6 Å². The number of hydrogen-bond donors (Lipinski definition) is 1. The van der Waals surface area contributed by atoms with Gasteiger partial charge in [0.2, 0.25) is 0 Å². The first-order valence-corrected chi connectivity index (χ1v) is 9.18. The van der Waals surface area contributed by atoms with Crippen LogP contribution in [0.15, 0.2) is 54.9 Å². The molecule has 1 aliphatic rings. The number of imide groups is 1. The van der Waals surface area contributed by atoms with Crippen LogP contribution in [0.1, 0.15) is 24.6 Å². The van der Waals surface area contributed by atoms with E-state index in [2.05, 4.69) is 10.3 Å². The molecule has 0 unspecified atom stereocenters. The average molecular weight is 378 g/mol. The summed E-state index contributed by atoms with van der Waals surface area (Å²) >= 11 is 0. The van der Waals surface area contributed by atoms with Gasteiger partial charge in [0.15, 0.2) is 0 Å². The highest BCUT2D eigenvalue weighted by Crippen LogP contribution is 2.25. The van der Waals surface area contributed by atoms with E-state index in [4.69, 9.17) is 4.74 Å². The molecule has 28 heavy (non-hydrogen) atoms. The molecule has 4 rings (SSSR count). The number of hydrogen-bond acceptors (Lipinski definition) is 4. The number of nitrogens with one attached hydrogen (secondary N) is 1. The zero-order valence-corrected chi connectivity index (χ0v) is 15.9. The van der Waals surface area contributed by atoms with E-state index in [9.17, 15) is 9.59 Å². The van der Waals surface area contributed by atoms with Crippen LogP contribution in [0.4, 0.5) is 4.79 Å². The highest BCUT2D eigenvalue weighted by atomic mass is 16.5. The van der Waals surface area contributed by atoms with E-state index in [1.807, 2.05) is 59.3 Å². The molecule has 1 fully saturated rings. The molecule has 7 heteroatoms. The van der Waals surface area contributed by atoms with E-state index in [-0.39, 0.29) is 18.5 Å². The summed E-state index contributed by atoms with van der Waals surface area (Å²) < 4.78 is 7.04. The second kappa shape index (κ2) is 6.99. The molecule has 0 saturated carbocycles. The molecule has 2 aromatic heterocycles. The summed E-state index contributed by atoms with van der Waals surface area (Å²) in [6.45, 7) is 1.94. The van der Waals surface area contributed by atoms with Gasteiger partial charge in [-0.3, -0.25) is 9.69 Å². The summed E-state index contributed by atoms with van der Waals surface area (Å²) in [6, 6.07) is 13.0. The third kappa shape index (κ3) is 3.31. The largest absolute Gasteiger partial charge is 0.497 e. The minimum Gasteiger partial charge on any atom is -0.497 e. The van der Waals surface area contributed by atoms with E-state index in [0.29, 0.717) is 18.5 Å². The minimum atomic E-state index is -0.920. The molecule has 3 heterocycles. The summed E-state index contributed by atoms with van der Waals surface area (Å²) in [4.78, 5) is 31.2. The Morgan fingerprint density at radius 1 is 1.14 bits per heavy atom. The number of pyridine rings is 1. The predicted molar refractivity (Wildman–Crippen MR) is 104 cm³/mol. The van der Waals surface area contributed by atoms with Crippen LogP contribution in [0.5, 0.6) is 5.75 Å². The number of carbonyl (C=O) groups excluding carboxylic acids is 2. The van der Waals surface area contributed by atoms with Crippen molar-refractivity contribution in [1.29, 1.82) is 0 Å². The number of aryl methyl sites for hydroxylation is 1. The van der Waals surface area contributed by atoms with Crippen molar-refractivity contribution in [3.05, 3.63) is 66.1 Å². The van der Waals surface area contributed by atoms with Gasteiger partial charge in [0.25, 0.3) is 5.91 Å². The fourth-order valence-electron chi connectivity index (χ4n) is 3.47. The zero-order chi connectivity index (χ0) is 19.7. The molecule has 1 saturated heterocycles. The lowest BCUT2D eigenvalue weighted by atomic mass is 9.93. The normalized spacial score (nSPS) is 19.3. The summed E-state index contributed by atoms with van der Waals surface area (Å²) in [7, 11) is 1.63. The molecule has 3 amide bonds. The summed E-state index contributed by atoms with van der Waals surface area (Å²) in [5.74, 6) is 0.571. The number of imidazole rings is 1. The van der Waals surface area contributed by atoms with Gasteiger partial charge in [-0.2, -0.15) is 0 Å². The molecule has 144 valence electrons. The van der Waals surface area contributed by atoms with Gasteiger partial charge >= 0.3 is 6.03 Å². The number of aromatic nitrogens is 2. The Morgan fingerprint density at radius 3 is 2.64 bits per heavy atom. The van der Waals surface area contributed by atoms with E-state index in [1.165, 1.54) is 4.90 Å². The molecule has 1 N–H and O–H groups in total. The number of benzene rings is 1. The lowest BCUT2D eigenvalue weighted by molar-refractivity contribution is -0.131. The molecular weight excluding hydrogens is 356 g/mol. The molecule has 3 aromatic rings. The Morgan fingerprint density at radius 2 is 1.93 bits per heavy atom. The van der Waals surface area contributed by atoms with Crippen molar-refractivity contribution < 1.29 is 14.3 Å². The number of carbonyl (C=O) groups is 2. The SMILES string of the molecule is COc1ccc(CC[C@]2(C)NC(=O)N(Cc3cn4ccccc4n3)C2=O)cc1. The van der Waals surface area contributed by atoms with Crippen LogP contribution in [0.25, 0.3) is 5.65 Å². The highest BCUT2D eigenvalue weighted by molar-refractivity contribution is 6.06. The fraction of sp³-hybridized carbons (Fsp3) is 0.286. The third-order valence-corrected chi connectivity index (χ3v) is 5.15. The van der Waals surface area contributed by atoms with Crippen LogP contribution in [0.2, 0.25) is 0 Å². The van der Waals surface area contributed by atoms with Crippen LogP contribution >= 0.6 is 0 Å². The molecule has 1 atom stereocenters. The molecule has 0 spiro atoms. The number of fused-ring (bicyclic) bond motifs is 1. The Balaban J connectivity index is 1.45. The second-order valence-electron chi connectivity index (χ2n) is 7.20. The maximum Gasteiger partial charge on any atom is 0.325 e. The van der Waals surface area contributed by atoms with Crippen molar-refractivity contribution in [3.63, 3.8) is 0 Å². The number of nitrogens with zero attached hydrogens (tertiary/aromatic N) is 3. The van der Waals surface area contributed by atoms with Gasteiger partial charge in [-0.25, -0.2) is 9.78 Å². The van der Waals surface area contributed by atoms with E-state index < -0.39 is 5.54 Å². The Hall–Kier alpha value is -3.35. The van der Waals surface area contributed by atoms with Gasteiger partial charge in [0.1, 0.15) is 16.9 Å². The number of amides is 3. The van der Waals surface area contributed by atoms with Gasteiger partial charge in [-0.05, 0) is 49.6 Å². The maximum absolute atomic E-state index is 13.0. The minimum absolute atomic E-state index is 0.157. The lowest BCUT2D eigenvalue weighted by Gasteiger charge is -2.21. The molecule has 1 aliphatic heterocycles. The van der Waals surface area contributed by atoms with Gasteiger partial charge < -0.3 is 14.5 Å². The number of ether oxygens (including phenoxy) is 1. The third-order valence-electron chi connectivity index (χ3n) is 5.15. The van der Waals surface area contributed by atoms with Crippen molar-refractivity contribution in [3.8, 4) is 5.75 Å². The first kappa shape index (κ1) is 18.0. The van der Waals surface area contributed by atoms with Crippen molar-refractivity contribution in [2.45, 2.75) is 31.8 Å². The number of rotatable bonds is 6. The summed E-state index contributed by atoms with van der Waals surface area (Å²) in [6.07, 6.45) is 4.92. The fourth-order valence-corrected chi connectivity index (χ4v) is 3.47. The molecule has 0 radical (unpaired) electrons. The van der Waals surface area contributed by atoms with Crippen molar-refractivity contribution >= 4 is 17.6 Å². The molecule has 1 aromatic carbocycles. The quantitative estimate of drug-likeness (QED) is 0.669. The Kier molecular flexibility index (Phi) is 4.50. The molecule has 7 nitrogen and oxygen atoms in total. The van der Waals surface area contributed by atoms with Crippen LogP contribution in [-0.2, 0) is 17.8 Å². The van der Waals surface area contributed by atoms with E-state index >= 15 is 0 Å². The van der Waals surface area contributed by atoms with E-state index in [0.717, 1.165) is 17.0 Å². The van der Waals surface area contributed by atoms with Crippen LogP contribution < -0.4 is 10.1 Å².